The minimum atomic E-state index is -4.22. The molecule has 2 amide bonds. The lowest BCUT2D eigenvalue weighted by molar-refractivity contribution is -0.139. The SMILES string of the molecule is COc1ccc(N(CC(=O)N(Cc2ccc(Cl)c(Cl)c2)C(C)C(=O)NC2CCCC2)S(=O)(=O)c2ccccc2)cc1Cl. The zero-order chi connectivity index (χ0) is 30.4. The van der Waals surface area contributed by atoms with E-state index in [9.17, 15) is 18.0 Å². The maximum Gasteiger partial charge on any atom is 0.264 e. The molecule has 3 aromatic carbocycles. The molecule has 0 bridgehead atoms. The Kier molecular flexibility index (Phi) is 10.6. The number of methoxy groups -OCH3 is 1. The number of hydrogen-bond donors (Lipinski definition) is 1. The van der Waals surface area contributed by atoms with Crippen molar-refractivity contribution in [2.45, 2.75) is 56.1 Å². The van der Waals surface area contributed by atoms with Crippen LogP contribution in [0.15, 0.2) is 71.6 Å². The van der Waals surface area contributed by atoms with Gasteiger partial charge in [-0.2, -0.15) is 0 Å². The highest BCUT2D eigenvalue weighted by Crippen LogP contribution is 2.32. The number of amides is 2. The van der Waals surface area contributed by atoms with E-state index in [4.69, 9.17) is 39.5 Å². The number of nitrogens with one attached hydrogen (secondary N) is 1. The van der Waals surface area contributed by atoms with Gasteiger partial charge >= 0.3 is 0 Å². The van der Waals surface area contributed by atoms with E-state index in [1.54, 1.807) is 43.3 Å². The van der Waals surface area contributed by atoms with Gasteiger partial charge in [0.05, 0.1) is 32.8 Å². The van der Waals surface area contributed by atoms with E-state index < -0.39 is 28.5 Å². The highest BCUT2D eigenvalue weighted by atomic mass is 35.5. The Morgan fingerprint density at radius 1 is 0.952 bits per heavy atom. The lowest BCUT2D eigenvalue weighted by atomic mass is 10.1. The number of anilines is 1. The van der Waals surface area contributed by atoms with Crippen molar-refractivity contribution in [2.24, 2.45) is 0 Å². The molecular formula is C30H32Cl3N3O5S. The molecular weight excluding hydrogens is 621 g/mol. The molecule has 0 radical (unpaired) electrons. The zero-order valence-corrected chi connectivity index (χ0v) is 26.3. The van der Waals surface area contributed by atoms with Gasteiger partial charge in [0.2, 0.25) is 11.8 Å². The Hall–Kier alpha value is -2.98. The molecule has 1 unspecified atom stereocenters. The molecule has 42 heavy (non-hydrogen) atoms. The summed E-state index contributed by atoms with van der Waals surface area (Å²) in [6.45, 7) is 1.03. The first-order chi connectivity index (χ1) is 20.0. The van der Waals surface area contributed by atoms with Gasteiger partial charge in [-0.15, -0.1) is 0 Å². The maximum absolute atomic E-state index is 14.1. The average Bonchev–Trinajstić information content (AvgIpc) is 3.49. The van der Waals surface area contributed by atoms with Crippen molar-refractivity contribution in [1.29, 1.82) is 0 Å². The standard InChI is InChI=1S/C30H32Cl3N3O5S/c1-20(30(38)34-22-8-6-7-9-22)35(18-21-12-14-25(31)26(32)16-21)29(37)19-36(23-13-15-28(41-2)27(33)17-23)42(39,40)24-10-4-3-5-11-24/h3-5,10-17,20,22H,6-9,18-19H2,1-2H3,(H,34,38). The van der Waals surface area contributed by atoms with Gasteiger partial charge in [0.25, 0.3) is 10.0 Å². The second-order valence-corrected chi connectivity index (χ2v) is 13.2. The molecule has 8 nitrogen and oxygen atoms in total. The molecule has 0 heterocycles. The summed E-state index contributed by atoms with van der Waals surface area (Å²) in [4.78, 5) is 28.7. The lowest BCUT2D eigenvalue weighted by Crippen LogP contribution is -2.52. The molecule has 224 valence electrons. The molecule has 0 aromatic heterocycles. The van der Waals surface area contributed by atoms with Crippen molar-refractivity contribution in [3.05, 3.63) is 87.4 Å². The van der Waals surface area contributed by atoms with Gasteiger partial charge in [-0.05, 0) is 67.8 Å². The van der Waals surface area contributed by atoms with E-state index in [1.807, 2.05) is 0 Å². The molecule has 1 fully saturated rings. The fourth-order valence-electron chi connectivity index (χ4n) is 4.87. The number of hydrogen-bond acceptors (Lipinski definition) is 5. The van der Waals surface area contributed by atoms with Crippen LogP contribution in [0.3, 0.4) is 0 Å². The summed E-state index contributed by atoms with van der Waals surface area (Å²) in [6, 6.07) is 16.3. The van der Waals surface area contributed by atoms with Crippen LogP contribution in [0, 0.1) is 0 Å². The number of ether oxygens (including phenoxy) is 1. The minimum absolute atomic E-state index is 0.00241. The van der Waals surface area contributed by atoms with Gasteiger partial charge in [-0.3, -0.25) is 13.9 Å². The minimum Gasteiger partial charge on any atom is -0.495 e. The van der Waals surface area contributed by atoms with E-state index >= 15 is 0 Å². The Labute approximate surface area is 261 Å². The molecule has 1 aliphatic rings. The summed E-state index contributed by atoms with van der Waals surface area (Å²) in [7, 11) is -2.78. The van der Waals surface area contributed by atoms with Crippen LogP contribution in [0.25, 0.3) is 0 Å². The highest BCUT2D eigenvalue weighted by molar-refractivity contribution is 7.92. The monoisotopic (exact) mass is 651 g/mol. The van der Waals surface area contributed by atoms with Gasteiger partial charge in [-0.25, -0.2) is 8.42 Å². The zero-order valence-electron chi connectivity index (χ0n) is 23.2. The smallest absolute Gasteiger partial charge is 0.264 e. The van der Waals surface area contributed by atoms with Gasteiger partial charge in [-0.1, -0.05) is 71.9 Å². The topological polar surface area (TPSA) is 96.0 Å². The molecule has 4 rings (SSSR count). The van der Waals surface area contributed by atoms with Crippen molar-refractivity contribution < 1.29 is 22.7 Å². The Morgan fingerprint density at radius 2 is 1.64 bits per heavy atom. The molecule has 0 saturated heterocycles. The van der Waals surface area contributed by atoms with E-state index in [0.29, 0.717) is 21.4 Å². The first-order valence-corrected chi connectivity index (χ1v) is 16.0. The number of rotatable bonds is 11. The van der Waals surface area contributed by atoms with Crippen LogP contribution in [0.4, 0.5) is 5.69 Å². The van der Waals surface area contributed by atoms with Gasteiger partial charge in [0.1, 0.15) is 18.3 Å². The van der Waals surface area contributed by atoms with Gasteiger partial charge in [0.15, 0.2) is 0 Å². The number of nitrogens with zero attached hydrogens (tertiary/aromatic N) is 2. The number of benzene rings is 3. The van der Waals surface area contributed by atoms with Crippen molar-refractivity contribution in [3.63, 3.8) is 0 Å². The summed E-state index contributed by atoms with van der Waals surface area (Å²) in [5.74, 6) is -0.566. The van der Waals surface area contributed by atoms with Crippen molar-refractivity contribution in [1.82, 2.24) is 10.2 Å². The van der Waals surface area contributed by atoms with Crippen LogP contribution in [0.2, 0.25) is 15.1 Å². The summed E-state index contributed by atoms with van der Waals surface area (Å²) >= 11 is 18.7. The third-order valence-corrected chi connectivity index (χ3v) is 10.1. The number of carbonyl (C=O) groups is 2. The van der Waals surface area contributed by atoms with Crippen molar-refractivity contribution >= 4 is 62.3 Å². The van der Waals surface area contributed by atoms with Crippen molar-refractivity contribution in [3.8, 4) is 5.75 Å². The molecule has 0 spiro atoms. The average molecular weight is 653 g/mol. The van der Waals surface area contributed by atoms with Crippen LogP contribution in [0.5, 0.6) is 5.75 Å². The first-order valence-electron chi connectivity index (χ1n) is 13.5. The second kappa shape index (κ2) is 14.0. The van der Waals surface area contributed by atoms with Crippen molar-refractivity contribution in [2.75, 3.05) is 18.0 Å². The normalized spacial score (nSPS) is 14.3. The van der Waals surface area contributed by atoms with Crippen LogP contribution in [-0.4, -0.2) is 50.9 Å². The molecule has 1 saturated carbocycles. The van der Waals surface area contributed by atoms with Crippen LogP contribution >= 0.6 is 34.8 Å². The van der Waals surface area contributed by atoms with E-state index in [0.717, 1.165) is 30.0 Å². The highest BCUT2D eigenvalue weighted by Gasteiger charge is 2.33. The fraction of sp³-hybridized carbons (Fsp3) is 0.333. The third kappa shape index (κ3) is 7.50. The van der Waals surface area contributed by atoms with Crippen LogP contribution < -0.4 is 14.4 Å². The molecule has 12 heteroatoms. The molecule has 3 aromatic rings. The Morgan fingerprint density at radius 3 is 2.26 bits per heavy atom. The van der Waals surface area contributed by atoms with E-state index in [-0.39, 0.29) is 34.1 Å². The number of sulfonamides is 1. The summed E-state index contributed by atoms with van der Waals surface area (Å²) in [6.07, 6.45) is 3.81. The summed E-state index contributed by atoms with van der Waals surface area (Å²) in [5.41, 5.74) is 0.791. The molecule has 0 aliphatic heterocycles. The Bertz CT molecular complexity index is 1530. The maximum atomic E-state index is 14.1. The predicted molar refractivity (Wildman–Crippen MR) is 166 cm³/mol. The first kappa shape index (κ1) is 31.9. The summed E-state index contributed by atoms with van der Waals surface area (Å²) < 4.78 is 34.0. The van der Waals surface area contributed by atoms with Gasteiger partial charge < -0.3 is 15.0 Å². The Balaban J connectivity index is 1.71. The second-order valence-electron chi connectivity index (χ2n) is 10.1. The third-order valence-electron chi connectivity index (χ3n) is 7.24. The van der Waals surface area contributed by atoms with Crippen LogP contribution in [-0.2, 0) is 26.2 Å². The number of halogens is 3. The van der Waals surface area contributed by atoms with E-state index in [1.165, 1.54) is 42.3 Å². The molecule has 1 atom stereocenters. The molecule has 1 N–H and O–H groups in total. The largest absolute Gasteiger partial charge is 0.495 e. The number of carbonyl (C=O) groups excluding carboxylic acids is 2. The van der Waals surface area contributed by atoms with E-state index in [2.05, 4.69) is 5.32 Å². The molecule has 1 aliphatic carbocycles. The quantitative estimate of drug-likeness (QED) is 0.261. The van der Waals surface area contributed by atoms with Gasteiger partial charge in [0, 0.05) is 12.6 Å². The van der Waals surface area contributed by atoms with Crippen LogP contribution in [0.1, 0.15) is 38.2 Å². The fourth-order valence-corrected chi connectivity index (χ4v) is 6.87. The predicted octanol–water partition coefficient (Wildman–Crippen LogP) is 6.33. The lowest BCUT2D eigenvalue weighted by Gasteiger charge is -2.32. The summed E-state index contributed by atoms with van der Waals surface area (Å²) in [5, 5.41) is 3.86.